The molecule has 1 aromatic heterocycles. The smallest absolute Gasteiger partial charge is 0.162 e. The Morgan fingerprint density at radius 2 is 1.93 bits per heavy atom. The zero-order chi connectivity index (χ0) is 20.1. The van der Waals surface area contributed by atoms with Crippen LogP contribution in [0, 0.1) is 5.92 Å². The van der Waals surface area contributed by atoms with Crippen molar-refractivity contribution in [3.8, 4) is 17.1 Å². The molecule has 0 amide bonds. The van der Waals surface area contributed by atoms with Crippen molar-refractivity contribution in [2.45, 2.75) is 26.2 Å². The fraction of sp³-hybridized carbons (Fsp3) is 0.417. The highest BCUT2D eigenvalue weighted by Crippen LogP contribution is 2.26. The van der Waals surface area contributed by atoms with E-state index < -0.39 is 0 Å². The van der Waals surface area contributed by atoms with Crippen molar-refractivity contribution in [1.29, 1.82) is 0 Å². The van der Waals surface area contributed by atoms with Crippen molar-refractivity contribution in [3.63, 3.8) is 0 Å². The molecule has 1 aliphatic rings. The van der Waals surface area contributed by atoms with Crippen molar-refractivity contribution in [2.75, 3.05) is 38.6 Å². The molecule has 0 saturated carbocycles. The molecule has 0 spiro atoms. The van der Waals surface area contributed by atoms with E-state index in [0.29, 0.717) is 0 Å². The van der Waals surface area contributed by atoms with E-state index in [1.807, 2.05) is 42.5 Å². The quantitative estimate of drug-likeness (QED) is 0.585. The van der Waals surface area contributed by atoms with E-state index in [1.165, 1.54) is 25.9 Å². The third-order valence-corrected chi connectivity index (χ3v) is 5.64. The average Bonchev–Trinajstić information content (AvgIpc) is 2.76. The number of hydrogen-bond acceptors (Lipinski definition) is 5. The van der Waals surface area contributed by atoms with Crippen molar-refractivity contribution in [2.24, 2.45) is 5.92 Å². The van der Waals surface area contributed by atoms with E-state index in [1.54, 1.807) is 7.11 Å². The second-order valence-corrected chi connectivity index (χ2v) is 7.97. The third kappa shape index (κ3) is 4.85. The maximum Gasteiger partial charge on any atom is 0.162 e. The number of nitrogens with zero attached hydrogens (tertiary/aromatic N) is 3. The number of anilines is 1. The number of ether oxygens (including phenoxy) is 1. The zero-order valence-corrected chi connectivity index (χ0v) is 17.4. The number of benzene rings is 2. The number of rotatable bonds is 7. The molecule has 4 rings (SSSR count). The number of methoxy groups -OCH3 is 1. The standard InChI is InChI=1S/C24H30N4O/c1-18-7-5-15-28(17-18)16-6-14-25-24-21-8-3-4-9-22(21)26-23(27-24)19-10-12-20(29-2)13-11-19/h3-4,8-13,18H,5-7,14-17H2,1-2H3,(H,25,26,27)/t18-/m0/s1. The van der Waals surface area contributed by atoms with E-state index in [2.05, 4.69) is 23.2 Å². The molecule has 1 fully saturated rings. The topological polar surface area (TPSA) is 50.3 Å². The normalized spacial score (nSPS) is 17.4. The van der Waals surface area contributed by atoms with Gasteiger partial charge in [-0.05, 0) is 74.7 Å². The van der Waals surface area contributed by atoms with E-state index >= 15 is 0 Å². The SMILES string of the molecule is COc1ccc(-c2nc(NCCCN3CCC[C@H](C)C3)c3ccccc3n2)cc1. The molecule has 5 heteroatoms. The molecular formula is C24H30N4O. The minimum absolute atomic E-state index is 0.735. The highest BCUT2D eigenvalue weighted by atomic mass is 16.5. The molecule has 2 heterocycles. The lowest BCUT2D eigenvalue weighted by molar-refractivity contribution is 0.183. The molecule has 152 valence electrons. The number of fused-ring (bicyclic) bond motifs is 1. The largest absolute Gasteiger partial charge is 0.497 e. The molecule has 29 heavy (non-hydrogen) atoms. The first kappa shape index (κ1) is 19.6. The second-order valence-electron chi connectivity index (χ2n) is 7.97. The number of aromatic nitrogens is 2. The third-order valence-electron chi connectivity index (χ3n) is 5.64. The highest BCUT2D eigenvalue weighted by molar-refractivity contribution is 5.90. The van der Waals surface area contributed by atoms with Crippen LogP contribution in [0.1, 0.15) is 26.2 Å². The van der Waals surface area contributed by atoms with Gasteiger partial charge in [0.2, 0.25) is 0 Å². The predicted octanol–water partition coefficient (Wildman–Crippen LogP) is 4.84. The van der Waals surface area contributed by atoms with Crippen LogP contribution in [0.15, 0.2) is 48.5 Å². The van der Waals surface area contributed by atoms with E-state index in [9.17, 15) is 0 Å². The molecular weight excluding hydrogens is 360 g/mol. The van der Waals surface area contributed by atoms with E-state index in [0.717, 1.165) is 59.3 Å². The summed E-state index contributed by atoms with van der Waals surface area (Å²) in [4.78, 5) is 12.2. The van der Waals surface area contributed by atoms with Crippen LogP contribution in [0.4, 0.5) is 5.82 Å². The second kappa shape index (κ2) is 9.23. The Morgan fingerprint density at radius 1 is 1.10 bits per heavy atom. The Kier molecular flexibility index (Phi) is 6.25. The monoisotopic (exact) mass is 390 g/mol. The van der Waals surface area contributed by atoms with Gasteiger partial charge in [0, 0.05) is 24.0 Å². The molecule has 1 N–H and O–H groups in total. The lowest BCUT2D eigenvalue weighted by Crippen LogP contribution is -2.35. The van der Waals surface area contributed by atoms with Gasteiger partial charge in [-0.3, -0.25) is 0 Å². The summed E-state index contributed by atoms with van der Waals surface area (Å²) >= 11 is 0. The van der Waals surface area contributed by atoms with Crippen molar-refractivity contribution in [3.05, 3.63) is 48.5 Å². The number of para-hydroxylation sites is 1. The van der Waals surface area contributed by atoms with Gasteiger partial charge in [-0.15, -0.1) is 0 Å². The van der Waals surface area contributed by atoms with Gasteiger partial charge in [0.05, 0.1) is 12.6 Å². The van der Waals surface area contributed by atoms with E-state index in [-0.39, 0.29) is 0 Å². The Labute approximate surface area is 173 Å². The summed E-state index contributed by atoms with van der Waals surface area (Å²) in [5, 5.41) is 4.63. The van der Waals surface area contributed by atoms with Crippen molar-refractivity contribution < 1.29 is 4.74 Å². The first-order chi connectivity index (χ1) is 14.2. The van der Waals surface area contributed by atoms with Gasteiger partial charge < -0.3 is 15.0 Å². The van der Waals surface area contributed by atoms with E-state index in [4.69, 9.17) is 14.7 Å². The molecule has 0 unspecified atom stereocenters. The Balaban J connectivity index is 1.48. The van der Waals surface area contributed by atoms with Crippen LogP contribution in [-0.2, 0) is 0 Å². The molecule has 1 atom stereocenters. The number of nitrogens with one attached hydrogen (secondary N) is 1. The molecule has 1 saturated heterocycles. The minimum Gasteiger partial charge on any atom is -0.497 e. The van der Waals surface area contributed by atoms with Gasteiger partial charge in [-0.2, -0.15) is 0 Å². The van der Waals surface area contributed by atoms with Gasteiger partial charge in [-0.1, -0.05) is 19.1 Å². The van der Waals surface area contributed by atoms with Gasteiger partial charge >= 0.3 is 0 Å². The summed E-state index contributed by atoms with van der Waals surface area (Å²) in [5.74, 6) is 3.31. The summed E-state index contributed by atoms with van der Waals surface area (Å²) < 4.78 is 5.26. The van der Waals surface area contributed by atoms with Crippen molar-refractivity contribution in [1.82, 2.24) is 14.9 Å². The van der Waals surface area contributed by atoms with Gasteiger partial charge in [0.15, 0.2) is 5.82 Å². The molecule has 2 aromatic carbocycles. The van der Waals surface area contributed by atoms with Crippen LogP contribution in [-0.4, -0.2) is 48.2 Å². The molecule has 0 radical (unpaired) electrons. The molecule has 0 aliphatic carbocycles. The Morgan fingerprint density at radius 3 is 2.72 bits per heavy atom. The number of hydrogen-bond donors (Lipinski definition) is 1. The maximum atomic E-state index is 5.26. The average molecular weight is 391 g/mol. The van der Waals surface area contributed by atoms with Crippen LogP contribution in [0.3, 0.4) is 0 Å². The summed E-state index contributed by atoms with van der Waals surface area (Å²) in [7, 11) is 1.67. The zero-order valence-electron chi connectivity index (χ0n) is 17.4. The van der Waals surface area contributed by atoms with Gasteiger partial charge in [-0.25, -0.2) is 9.97 Å². The number of piperidine rings is 1. The summed E-state index contributed by atoms with van der Waals surface area (Å²) in [6.45, 7) is 6.89. The molecule has 1 aliphatic heterocycles. The Hall–Kier alpha value is -2.66. The highest BCUT2D eigenvalue weighted by Gasteiger charge is 2.15. The van der Waals surface area contributed by atoms with Crippen LogP contribution in [0.2, 0.25) is 0 Å². The Bertz CT molecular complexity index is 941. The first-order valence-electron chi connectivity index (χ1n) is 10.6. The van der Waals surface area contributed by atoms with Gasteiger partial charge in [0.25, 0.3) is 0 Å². The minimum atomic E-state index is 0.735. The predicted molar refractivity (Wildman–Crippen MR) is 119 cm³/mol. The fourth-order valence-electron chi connectivity index (χ4n) is 4.08. The first-order valence-corrected chi connectivity index (χ1v) is 10.6. The lowest BCUT2D eigenvalue weighted by atomic mass is 10.0. The molecule has 5 nitrogen and oxygen atoms in total. The summed E-state index contributed by atoms with van der Waals surface area (Å²) in [6.07, 6.45) is 3.81. The molecule has 3 aromatic rings. The summed E-state index contributed by atoms with van der Waals surface area (Å²) in [6, 6.07) is 16.1. The van der Waals surface area contributed by atoms with Crippen LogP contribution < -0.4 is 10.1 Å². The van der Waals surface area contributed by atoms with Crippen LogP contribution >= 0.6 is 0 Å². The number of likely N-dealkylation sites (tertiary alicyclic amines) is 1. The molecule has 0 bridgehead atoms. The summed E-state index contributed by atoms with van der Waals surface area (Å²) in [5.41, 5.74) is 1.95. The lowest BCUT2D eigenvalue weighted by Gasteiger charge is -2.30. The van der Waals surface area contributed by atoms with Gasteiger partial charge in [0.1, 0.15) is 11.6 Å². The fourth-order valence-corrected chi connectivity index (χ4v) is 4.08. The van der Waals surface area contributed by atoms with Crippen LogP contribution in [0.5, 0.6) is 5.75 Å². The maximum absolute atomic E-state index is 5.26. The van der Waals surface area contributed by atoms with Crippen LogP contribution in [0.25, 0.3) is 22.3 Å². The van der Waals surface area contributed by atoms with Crippen molar-refractivity contribution >= 4 is 16.7 Å².